The molecule has 0 aromatic rings. The zero-order valence-corrected chi connectivity index (χ0v) is 11.2. The second-order valence-electron chi connectivity index (χ2n) is 4.33. The van der Waals surface area contributed by atoms with Crippen LogP contribution in [0.2, 0.25) is 0 Å². The highest BCUT2D eigenvalue weighted by Crippen LogP contribution is 2.05. The van der Waals surface area contributed by atoms with Crippen molar-refractivity contribution in [1.29, 1.82) is 0 Å². The number of nitrogens with zero attached hydrogens (tertiary/aromatic N) is 3. The molecule has 0 atom stereocenters. The van der Waals surface area contributed by atoms with E-state index in [4.69, 9.17) is 9.84 Å². The van der Waals surface area contributed by atoms with Crippen molar-refractivity contribution in [2.45, 2.75) is 0 Å². The SMILES string of the molecule is COCCN(CC(=O)O)C(=O)N1CCN(C)C(=O)C1. The number of ether oxygens (including phenoxy) is 1. The summed E-state index contributed by atoms with van der Waals surface area (Å²) < 4.78 is 4.85. The van der Waals surface area contributed by atoms with Gasteiger partial charge in [-0.05, 0) is 0 Å². The molecule has 0 aromatic heterocycles. The van der Waals surface area contributed by atoms with Crippen LogP contribution in [0.3, 0.4) is 0 Å². The van der Waals surface area contributed by atoms with Crippen LogP contribution in [0.4, 0.5) is 4.79 Å². The third kappa shape index (κ3) is 4.40. The summed E-state index contributed by atoms with van der Waals surface area (Å²) in [7, 11) is 3.15. The Morgan fingerprint density at radius 3 is 2.63 bits per heavy atom. The van der Waals surface area contributed by atoms with E-state index in [0.717, 1.165) is 0 Å². The highest BCUT2D eigenvalue weighted by Gasteiger charge is 2.28. The van der Waals surface area contributed by atoms with Gasteiger partial charge in [0.15, 0.2) is 0 Å². The van der Waals surface area contributed by atoms with Crippen molar-refractivity contribution in [3.8, 4) is 0 Å². The number of urea groups is 1. The maximum atomic E-state index is 12.2. The van der Waals surface area contributed by atoms with Crippen LogP contribution in [0, 0.1) is 0 Å². The summed E-state index contributed by atoms with van der Waals surface area (Å²) in [6.07, 6.45) is 0. The lowest BCUT2D eigenvalue weighted by molar-refractivity contribution is -0.137. The number of rotatable bonds is 5. The Bertz CT molecular complexity index is 360. The van der Waals surface area contributed by atoms with E-state index < -0.39 is 18.5 Å². The van der Waals surface area contributed by atoms with Crippen molar-refractivity contribution in [3.63, 3.8) is 0 Å². The van der Waals surface area contributed by atoms with Crippen molar-refractivity contribution in [1.82, 2.24) is 14.7 Å². The van der Waals surface area contributed by atoms with Crippen molar-refractivity contribution in [2.75, 3.05) is 53.5 Å². The van der Waals surface area contributed by atoms with Crippen LogP contribution in [0.5, 0.6) is 0 Å². The molecule has 1 aliphatic heterocycles. The van der Waals surface area contributed by atoms with Gasteiger partial charge in [-0.25, -0.2) is 4.79 Å². The first kappa shape index (κ1) is 15.2. The second-order valence-corrected chi connectivity index (χ2v) is 4.33. The van der Waals surface area contributed by atoms with Gasteiger partial charge in [0.05, 0.1) is 6.61 Å². The van der Waals surface area contributed by atoms with Gasteiger partial charge in [0.1, 0.15) is 13.1 Å². The minimum absolute atomic E-state index is 0.0154. The van der Waals surface area contributed by atoms with E-state index >= 15 is 0 Å². The van der Waals surface area contributed by atoms with Crippen LogP contribution in [-0.4, -0.2) is 91.2 Å². The minimum atomic E-state index is -1.09. The molecule has 1 aliphatic rings. The van der Waals surface area contributed by atoms with Gasteiger partial charge in [0.2, 0.25) is 5.91 Å². The molecule has 19 heavy (non-hydrogen) atoms. The fourth-order valence-corrected chi connectivity index (χ4v) is 1.73. The highest BCUT2D eigenvalue weighted by molar-refractivity contribution is 5.86. The zero-order valence-electron chi connectivity index (χ0n) is 11.2. The average molecular weight is 273 g/mol. The van der Waals surface area contributed by atoms with Gasteiger partial charge in [0, 0.05) is 33.8 Å². The molecule has 0 unspecified atom stereocenters. The molecule has 0 spiro atoms. The van der Waals surface area contributed by atoms with Crippen molar-refractivity contribution in [3.05, 3.63) is 0 Å². The summed E-state index contributed by atoms with van der Waals surface area (Å²) in [4.78, 5) is 38.5. The summed E-state index contributed by atoms with van der Waals surface area (Å²) in [5.74, 6) is -1.24. The number of hydrogen-bond donors (Lipinski definition) is 1. The number of amides is 3. The number of likely N-dealkylation sites (N-methyl/N-ethyl adjacent to an activating group) is 1. The molecule has 0 bridgehead atoms. The Balaban J connectivity index is 2.64. The molecule has 0 aromatic carbocycles. The number of carboxylic acid groups (broad SMARTS) is 1. The molecule has 1 heterocycles. The van der Waals surface area contributed by atoms with Gasteiger partial charge in [-0.3, -0.25) is 9.59 Å². The van der Waals surface area contributed by atoms with Gasteiger partial charge < -0.3 is 24.5 Å². The first-order valence-electron chi connectivity index (χ1n) is 5.94. The molecular formula is C11H19N3O5. The Morgan fingerprint density at radius 2 is 2.11 bits per heavy atom. The molecule has 0 radical (unpaired) electrons. The number of carbonyl (C=O) groups excluding carboxylic acids is 2. The third-order valence-corrected chi connectivity index (χ3v) is 2.89. The van der Waals surface area contributed by atoms with E-state index in [1.165, 1.54) is 16.9 Å². The lowest BCUT2D eigenvalue weighted by Gasteiger charge is -2.35. The van der Waals surface area contributed by atoms with Gasteiger partial charge >= 0.3 is 12.0 Å². The average Bonchev–Trinajstić information content (AvgIpc) is 2.36. The number of aliphatic carboxylic acids is 1. The lowest BCUT2D eigenvalue weighted by Crippen LogP contribution is -2.55. The maximum absolute atomic E-state index is 12.2. The molecule has 1 N–H and O–H groups in total. The van der Waals surface area contributed by atoms with Crippen LogP contribution in [-0.2, 0) is 14.3 Å². The van der Waals surface area contributed by atoms with Crippen LogP contribution in [0.1, 0.15) is 0 Å². The van der Waals surface area contributed by atoms with E-state index in [9.17, 15) is 14.4 Å². The van der Waals surface area contributed by atoms with Gasteiger partial charge in [-0.15, -0.1) is 0 Å². The molecule has 1 rings (SSSR count). The third-order valence-electron chi connectivity index (χ3n) is 2.89. The highest BCUT2D eigenvalue weighted by atomic mass is 16.5. The maximum Gasteiger partial charge on any atom is 0.323 e. The summed E-state index contributed by atoms with van der Waals surface area (Å²) in [5, 5.41) is 8.80. The normalized spacial score (nSPS) is 15.6. The quantitative estimate of drug-likeness (QED) is 0.687. The van der Waals surface area contributed by atoms with E-state index in [0.29, 0.717) is 13.1 Å². The summed E-state index contributed by atoms with van der Waals surface area (Å²) >= 11 is 0. The fraction of sp³-hybridized carbons (Fsp3) is 0.727. The molecule has 1 saturated heterocycles. The van der Waals surface area contributed by atoms with Crippen LogP contribution in [0.15, 0.2) is 0 Å². The van der Waals surface area contributed by atoms with E-state index in [1.54, 1.807) is 11.9 Å². The molecule has 8 heteroatoms. The summed E-state index contributed by atoms with van der Waals surface area (Å²) in [5.41, 5.74) is 0. The zero-order chi connectivity index (χ0) is 14.4. The van der Waals surface area contributed by atoms with E-state index in [2.05, 4.69) is 0 Å². The van der Waals surface area contributed by atoms with Gasteiger partial charge in [-0.1, -0.05) is 0 Å². The van der Waals surface area contributed by atoms with Crippen molar-refractivity contribution >= 4 is 17.9 Å². The molecule has 0 saturated carbocycles. The molecular weight excluding hydrogens is 254 g/mol. The number of carboxylic acids is 1. The van der Waals surface area contributed by atoms with Crippen LogP contribution < -0.4 is 0 Å². The lowest BCUT2D eigenvalue weighted by atomic mass is 10.3. The fourth-order valence-electron chi connectivity index (χ4n) is 1.73. The molecule has 3 amide bonds. The minimum Gasteiger partial charge on any atom is -0.480 e. The second kappa shape index (κ2) is 6.93. The van der Waals surface area contributed by atoms with Gasteiger partial charge in [0.25, 0.3) is 0 Å². The standard InChI is InChI=1S/C11H19N3O5/c1-12-3-4-13(7-9(12)15)11(18)14(5-6-19-2)8-10(16)17/h3-8H2,1-2H3,(H,16,17). The molecule has 8 nitrogen and oxygen atoms in total. The number of carbonyl (C=O) groups is 3. The molecule has 0 aliphatic carbocycles. The predicted molar refractivity (Wildman–Crippen MR) is 65.7 cm³/mol. The Kier molecular flexibility index (Phi) is 5.56. The Labute approximate surface area is 111 Å². The summed E-state index contributed by atoms with van der Waals surface area (Å²) in [6.45, 7) is 0.879. The van der Waals surface area contributed by atoms with Crippen LogP contribution >= 0.6 is 0 Å². The first-order valence-corrected chi connectivity index (χ1v) is 5.94. The predicted octanol–water partition coefficient (Wildman–Crippen LogP) is -1.09. The number of hydrogen-bond acceptors (Lipinski definition) is 4. The Hall–Kier alpha value is -1.83. The number of methoxy groups -OCH3 is 1. The van der Waals surface area contributed by atoms with Gasteiger partial charge in [-0.2, -0.15) is 0 Å². The topological polar surface area (TPSA) is 90.4 Å². The van der Waals surface area contributed by atoms with Crippen LogP contribution in [0.25, 0.3) is 0 Å². The smallest absolute Gasteiger partial charge is 0.323 e. The molecule has 1 fully saturated rings. The van der Waals surface area contributed by atoms with Crippen molar-refractivity contribution in [2.24, 2.45) is 0 Å². The first-order chi connectivity index (χ1) is 8.95. The summed E-state index contributed by atoms with van der Waals surface area (Å²) in [6, 6.07) is -0.444. The van der Waals surface area contributed by atoms with E-state index in [1.807, 2.05) is 0 Å². The van der Waals surface area contributed by atoms with Crippen molar-refractivity contribution < 1.29 is 24.2 Å². The monoisotopic (exact) mass is 273 g/mol. The van der Waals surface area contributed by atoms with E-state index in [-0.39, 0.29) is 25.6 Å². The molecule has 108 valence electrons. The Morgan fingerprint density at radius 1 is 1.42 bits per heavy atom. The largest absolute Gasteiger partial charge is 0.480 e. The number of piperazine rings is 1.